The number of benzene rings is 1. The molecule has 3 nitrogen and oxygen atoms in total. The van der Waals surface area contributed by atoms with Gasteiger partial charge in [0.15, 0.2) is 0 Å². The number of Topliss-reactive ketones (excluding diaryl/α,β-unsaturated/α-hetero) is 1. The zero-order valence-electron chi connectivity index (χ0n) is 14.1. The summed E-state index contributed by atoms with van der Waals surface area (Å²) in [6, 6.07) is 7.64. The molecule has 132 valence electrons. The third-order valence-corrected chi connectivity index (χ3v) is 13.6. The number of methoxy groups -OCH3 is 1. The van der Waals surface area contributed by atoms with Crippen LogP contribution in [0.1, 0.15) is 33.1 Å². The van der Waals surface area contributed by atoms with E-state index in [9.17, 15) is 4.79 Å². The molecule has 1 aliphatic heterocycles. The molecule has 0 bridgehead atoms. The van der Waals surface area contributed by atoms with Crippen LogP contribution in [0.2, 0.25) is 4.47 Å². The maximum absolute atomic E-state index is 12.3. The molecule has 0 amide bonds. The number of allylic oxidation sites excluding steroid dienone is 1. The molecule has 0 spiro atoms. The van der Waals surface area contributed by atoms with Crippen molar-refractivity contribution in [2.45, 2.75) is 43.7 Å². The average Bonchev–Trinajstić information content (AvgIpc) is 2.87. The third kappa shape index (κ3) is 3.88. The van der Waals surface area contributed by atoms with Gasteiger partial charge in [0.25, 0.3) is 0 Å². The van der Waals surface area contributed by atoms with Gasteiger partial charge in [-0.15, -0.1) is 0 Å². The average molecular weight is 485 g/mol. The summed E-state index contributed by atoms with van der Waals surface area (Å²) < 4.78 is 12.9. The first-order valence-corrected chi connectivity index (χ1v) is 16.7. The number of hydrogen-bond donors (Lipinski definition) is 0. The van der Waals surface area contributed by atoms with Crippen molar-refractivity contribution in [3.63, 3.8) is 0 Å². The zero-order chi connectivity index (χ0) is 17.5. The Morgan fingerprint density at radius 1 is 1.25 bits per heavy atom. The topological polar surface area (TPSA) is 35.5 Å². The molecule has 1 heterocycles. The molecule has 1 aromatic carbocycles. The summed E-state index contributed by atoms with van der Waals surface area (Å²) in [5.74, 6) is 1.87. The number of rotatable bonds is 4. The van der Waals surface area contributed by atoms with Gasteiger partial charge in [0.05, 0.1) is 0 Å². The second-order valence-electron chi connectivity index (χ2n) is 7.20. The minimum atomic E-state index is -3.27. The van der Waals surface area contributed by atoms with E-state index >= 15 is 0 Å². The van der Waals surface area contributed by atoms with Crippen molar-refractivity contribution < 1.29 is 14.3 Å². The number of ketones is 1. The van der Waals surface area contributed by atoms with Crippen LogP contribution in [0.25, 0.3) is 0 Å². The fourth-order valence-corrected chi connectivity index (χ4v) is 10.5. The fourth-order valence-electron chi connectivity index (χ4n) is 3.31. The van der Waals surface area contributed by atoms with Crippen molar-refractivity contribution >= 4 is 43.3 Å². The van der Waals surface area contributed by atoms with E-state index in [4.69, 9.17) is 27.4 Å². The zero-order valence-corrected chi connectivity index (χ0v) is 17.9. The van der Waals surface area contributed by atoms with E-state index in [-0.39, 0.29) is 17.3 Å². The minimum absolute atomic E-state index is 0.0263. The van der Waals surface area contributed by atoms with Crippen LogP contribution < -0.4 is 8.35 Å². The van der Waals surface area contributed by atoms with Crippen LogP contribution in [-0.2, 0) is 9.53 Å². The molecule has 0 fully saturated rings. The van der Waals surface area contributed by atoms with Gasteiger partial charge in [-0.3, -0.25) is 0 Å². The van der Waals surface area contributed by atoms with Crippen molar-refractivity contribution in [1.82, 2.24) is 0 Å². The van der Waals surface area contributed by atoms with Crippen LogP contribution in [-0.4, -0.2) is 34.9 Å². The second kappa shape index (κ2) is 6.72. The van der Waals surface area contributed by atoms with Crippen molar-refractivity contribution in [1.29, 1.82) is 0 Å². The number of carbonyl (C=O) groups excluding carboxylic acids is 1. The maximum atomic E-state index is 12.3. The summed E-state index contributed by atoms with van der Waals surface area (Å²) in [6.45, 7) is 4.21. The molecule has 0 saturated heterocycles. The Hall–Kier alpha value is -0.400. The standard InChI is InChI=1S/C18H22Cl2O3Te/c1-18(2)9-16(21)15-8-13(23-17(15)10-18)11-24(19,20)14-6-4-12(22-3)5-7-14/h4-7,13H,8-11H2,1-3H3. The Morgan fingerprint density at radius 2 is 1.92 bits per heavy atom. The molecular weight excluding hydrogens is 463 g/mol. The van der Waals surface area contributed by atoms with Crippen molar-refractivity contribution in [2.75, 3.05) is 7.11 Å². The van der Waals surface area contributed by atoms with Gasteiger partial charge in [-0.25, -0.2) is 0 Å². The number of hydrogen-bond acceptors (Lipinski definition) is 3. The Morgan fingerprint density at radius 3 is 2.54 bits per heavy atom. The van der Waals surface area contributed by atoms with Gasteiger partial charge < -0.3 is 0 Å². The summed E-state index contributed by atoms with van der Waals surface area (Å²) in [4.78, 5) is 12.3. The van der Waals surface area contributed by atoms with Crippen molar-refractivity contribution in [3.8, 4) is 5.75 Å². The van der Waals surface area contributed by atoms with Crippen LogP contribution in [0.5, 0.6) is 5.75 Å². The van der Waals surface area contributed by atoms with Gasteiger partial charge in [-0.1, -0.05) is 0 Å². The molecule has 3 rings (SSSR count). The first-order chi connectivity index (χ1) is 11.2. The Bertz CT molecular complexity index is 680. The molecule has 1 aromatic rings. The number of carbonyl (C=O) groups is 1. The molecule has 6 heteroatoms. The summed E-state index contributed by atoms with van der Waals surface area (Å²) in [6.07, 6.45) is 1.98. The third-order valence-electron chi connectivity index (χ3n) is 4.49. The van der Waals surface area contributed by atoms with E-state index in [0.717, 1.165) is 27.1 Å². The molecule has 24 heavy (non-hydrogen) atoms. The monoisotopic (exact) mass is 486 g/mol. The first-order valence-electron chi connectivity index (χ1n) is 7.96. The Balaban J connectivity index is 1.70. The first kappa shape index (κ1) is 18.4. The van der Waals surface area contributed by atoms with Gasteiger partial charge in [0.2, 0.25) is 0 Å². The van der Waals surface area contributed by atoms with Crippen molar-refractivity contribution in [3.05, 3.63) is 35.6 Å². The summed E-state index contributed by atoms with van der Waals surface area (Å²) in [5.41, 5.74) is 0.836. The van der Waals surface area contributed by atoms with Gasteiger partial charge in [-0.05, 0) is 0 Å². The second-order valence-corrected chi connectivity index (χ2v) is 20.9. The van der Waals surface area contributed by atoms with Gasteiger partial charge in [0, 0.05) is 0 Å². The summed E-state index contributed by atoms with van der Waals surface area (Å²) in [7, 11) is 15.1. The van der Waals surface area contributed by atoms with Gasteiger partial charge >= 0.3 is 155 Å². The van der Waals surface area contributed by atoms with Crippen LogP contribution >= 0.6 is 17.9 Å². The molecule has 1 atom stereocenters. The van der Waals surface area contributed by atoms with Crippen LogP contribution in [0, 0.1) is 5.41 Å². The Kier molecular flexibility index (Phi) is 5.15. The quantitative estimate of drug-likeness (QED) is 0.599. The van der Waals surface area contributed by atoms with Gasteiger partial charge in [-0.2, -0.15) is 0 Å². The molecule has 1 aliphatic carbocycles. The number of halogens is 2. The van der Waals surface area contributed by atoms with E-state index < -0.39 is 15.9 Å². The number of ether oxygens (including phenoxy) is 2. The van der Waals surface area contributed by atoms with Crippen LogP contribution in [0.15, 0.2) is 35.6 Å². The van der Waals surface area contributed by atoms with Crippen LogP contribution in [0.4, 0.5) is 0 Å². The molecule has 0 N–H and O–H groups in total. The normalized spacial score (nSPS) is 23.7. The molecule has 0 saturated carbocycles. The van der Waals surface area contributed by atoms with Crippen LogP contribution in [0.3, 0.4) is 0 Å². The van der Waals surface area contributed by atoms with E-state index in [0.29, 0.717) is 17.3 Å². The van der Waals surface area contributed by atoms with E-state index in [1.165, 1.54) is 0 Å². The summed E-state index contributed by atoms with van der Waals surface area (Å²) >= 11 is -3.27. The predicted molar refractivity (Wildman–Crippen MR) is 99.4 cm³/mol. The van der Waals surface area contributed by atoms with E-state index in [1.807, 2.05) is 24.3 Å². The molecule has 0 aromatic heterocycles. The molecule has 0 radical (unpaired) electrons. The van der Waals surface area contributed by atoms with Gasteiger partial charge in [0.1, 0.15) is 0 Å². The summed E-state index contributed by atoms with van der Waals surface area (Å²) in [5, 5.41) is 0. The molecular formula is C18H22Cl2O3Te. The molecule has 2 aliphatic rings. The van der Waals surface area contributed by atoms with Crippen molar-refractivity contribution in [2.24, 2.45) is 5.41 Å². The SMILES string of the molecule is COc1ccc([Te](Cl)(Cl)CC2CC3=C(CC(C)(C)CC3=O)O2)cc1. The van der Waals surface area contributed by atoms with E-state index in [2.05, 4.69) is 13.8 Å². The molecule has 1 unspecified atom stereocenters. The van der Waals surface area contributed by atoms with E-state index in [1.54, 1.807) is 7.11 Å². The predicted octanol–water partition coefficient (Wildman–Crippen LogP) is 4.25. The fraction of sp³-hybridized carbons (Fsp3) is 0.500. The Labute approximate surface area is 154 Å².